The molecule has 2 aliphatic rings. The number of halogens is 1. The molecule has 0 unspecified atom stereocenters. The molecule has 2 amide bonds. The van der Waals surface area contributed by atoms with E-state index in [1.165, 1.54) is 24.2 Å². The fourth-order valence-electron chi connectivity index (χ4n) is 3.40. The minimum Gasteiger partial charge on any atom is -0.270 e. The van der Waals surface area contributed by atoms with E-state index in [1.54, 1.807) is 0 Å². The molecule has 0 spiro atoms. The summed E-state index contributed by atoms with van der Waals surface area (Å²) in [6, 6.07) is 9.22. The average molecular weight is 318 g/mol. The molecule has 3 rings (SSSR count). The van der Waals surface area contributed by atoms with Gasteiger partial charge in [0.05, 0.1) is 5.57 Å². The van der Waals surface area contributed by atoms with E-state index in [-0.39, 0.29) is 22.9 Å². The maximum absolute atomic E-state index is 12.8. The first-order valence-corrected chi connectivity index (χ1v) is 8.41. The molecule has 0 radical (unpaired) electrons. The number of carbonyl (C=O) groups excluding carboxylic acids is 2. The van der Waals surface area contributed by atoms with Crippen molar-refractivity contribution in [2.24, 2.45) is 0 Å². The first kappa shape index (κ1) is 15.3. The summed E-state index contributed by atoms with van der Waals surface area (Å²) < 4.78 is 0. The van der Waals surface area contributed by atoms with Crippen LogP contribution in [0.2, 0.25) is 0 Å². The van der Waals surface area contributed by atoms with Gasteiger partial charge in [0.1, 0.15) is 5.03 Å². The molecular formula is C18H20ClNO2. The van der Waals surface area contributed by atoms with Crippen LogP contribution in [0, 0.1) is 0 Å². The zero-order valence-electron chi connectivity index (χ0n) is 12.6. The van der Waals surface area contributed by atoms with Crippen LogP contribution in [-0.4, -0.2) is 22.8 Å². The second-order valence-electron chi connectivity index (χ2n) is 6.03. The van der Waals surface area contributed by atoms with Gasteiger partial charge in [-0.2, -0.15) is 0 Å². The number of amides is 2. The molecule has 1 aliphatic heterocycles. The summed E-state index contributed by atoms with van der Waals surface area (Å²) in [5.74, 6) is -0.553. The molecular weight excluding hydrogens is 298 g/mol. The third-order valence-electron chi connectivity index (χ3n) is 4.56. The molecule has 0 aromatic heterocycles. The van der Waals surface area contributed by atoms with Crippen LogP contribution in [0.4, 0.5) is 0 Å². The van der Waals surface area contributed by atoms with E-state index < -0.39 is 0 Å². The molecule has 0 saturated heterocycles. The summed E-state index contributed by atoms with van der Waals surface area (Å²) in [5.41, 5.74) is 1.08. The Morgan fingerprint density at radius 1 is 0.864 bits per heavy atom. The van der Waals surface area contributed by atoms with Crippen molar-refractivity contribution in [2.45, 2.75) is 51.0 Å². The number of hydrogen-bond donors (Lipinski definition) is 0. The molecule has 1 aromatic carbocycles. The molecule has 1 heterocycles. The van der Waals surface area contributed by atoms with Gasteiger partial charge in [0.15, 0.2) is 0 Å². The number of nitrogens with zero attached hydrogens (tertiary/aromatic N) is 1. The second-order valence-corrected chi connectivity index (χ2v) is 6.41. The maximum atomic E-state index is 12.8. The Labute approximate surface area is 135 Å². The number of imide groups is 1. The van der Waals surface area contributed by atoms with Gasteiger partial charge >= 0.3 is 0 Å². The van der Waals surface area contributed by atoms with Gasteiger partial charge in [-0.1, -0.05) is 74.0 Å². The molecule has 4 heteroatoms. The monoisotopic (exact) mass is 317 g/mol. The maximum Gasteiger partial charge on any atom is 0.273 e. The summed E-state index contributed by atoms with van der Waals surface area (Å²) in [4.78, 5) is 26.7. The van der Waals surface area contributed by atoms with Gasteiger partial charge in [-0.05, 0) is 18.4 Å². The summed E-state index contributed by atoms with van der Waals surface area (Å²) in [6.07, 6.45) is 7.54. The van der Waals surface area contributed by atoms with Crippen LogP contribution in [-0.2, 0) is 9.59 Å². The number of hydrogen-bond acceptors (Lipinski definition) is 2. The Balaban J connectivity index is 1.87. The third-order valence-corrected chi connectivity index (χ3v) is 4.91. The van der Waals surface area contributed by atoms with E-state index in [0.29, 0.717) is 5.57 Å². The van der Waals surface area contributed by atoms with Crippen LogP contribution in [0.5, 0.6) is 0 Å². The fraction of sp³-hybridized carbons (Fsp3) is 0.444. The highest BCUT2D eigenvalue weighted by Crippen LogP contribution is 2.35. The van der Waals surface area contributed by atoms with Crippen molar-refractivity contribution in [2.75, 3.05) is 0 Å². The summed E-state index contributed by atoms with van der Waals surface area (Å²) in [6.45, 7) is 0. The lowest BCUT2D eigenvalue weighted by Gasteiger charge is -2.28. The van der Waals surface area contributed by atoms with Crippen LogP contribution in [0.1, 0.15) is 50.5 Å². The van der Waals surface area contributed by atoms with Crippen molar-refractivity contribution in [3.8, 4) is 0 Å². The standard InChI is InChI=1S/C18H20ClNO2/c19-16-15(13-9-5-4-6-10-13)17(21)20(18(16)22)14-11-7-2-1-3-8-12-14/h4-6,9-10,14H,1-3,7-8,11-12H2. The van der Waals surface area contributed by atoms with Crippen LogP contribution in [0.15, 0.2) is 35.4 Å². The molecule has 1 aliphatic carbocycles. The zero-order valence-corrected chi connectivity index (χ0v) is 13.3. The number of benzene rings is 1. The van der Waals surface area contributed by atoms with Crippen molar-refractivity contribution in [3.63, 3.8) is 0 Å². The Kier molecular flexibility index (Phi) is 4.63. The zero-order chi connectivity index (χ0) is 15.5. The molecule has 0 atom stereocenters. The molecule has 3 nitrogen and oxygen atoms in total. The third kappa shape index (κ3) is 2.82. The van der Waals surface area contributed by atoms with Crippen LogP contribution in [0.25, 0.3) is 5.57 Å². The lowest BCUT2D eigenvalue weighted by molar-refractivity contribution is -0.139. The van der Waals surface area contributed by atoms with Gasteiger partial charge in [-0.25, -0.2) is 0 Å². The van der Waals surface area contributed by atoms with Gasteiger partial charge in [-0.15, -0.1) is 0 Å². The topological polar surface area (TPSA) is 37.4 Å². The Hall–Kier alpha value is -1.61. The normalized spacial score (nSPS) is 21.2. The minimum absolute atomic E-state index is 0.00439. The smallest absolute Gasteiger partial charge is 0.270 e. The van der Waals surface area contributed by atoms with Crippen molar-refractivity contribution in [3.05, 3.63) is 40.9 Å². The van der Waals surface area contributed by atoms with Crippen LogP contribution >= 0.6 is 11.6 Å². The fourth-order valence-corrected chi connectivity index (χ4v) is 3.68. The summed E-state index contributed by atoms with van der Waals surface area (Å²) >= 11 is 6.21. The van der Waals surface area contributed by atoms with E-state index in [4.69, 9.17) is 11.6 Å². The van der Waals surface area contributed by atoms with Gasteiger partial charge in [0.25, 0.3) is 11.8 Å². The predicted molar refractivity (Wildman–Crippen MR) is 87.2 cm³/mol. The molecule has 0 N–H and O–H groups in total. The Morgan fingerprint density at radius 3 is 2.09 bits per heavy atom. The summed E-state index contributed by atoms with van der Waals surface area (Å²) in [5, 5.41) is 0.0678. The van der Waals surface area contributed by atoms with Crippen molar-refractivity contribution < 1.29 is 9.59 Å². The van der Waals surface area contributed by atoms with Gasteiger partial charge in [0.2, 0.25) is 0 Å². The van der Waals surface area contributed by atoms with Crippen molar-refractivity contribution >= 4 is 29.0 Å². The average Bonchev–Trinajstić information content (AvgIpc) is 2.71. The molecule has 1 aromatic rings. The predicted octanol–water partition coefficient (Wildman–Crippen LogP) is 4.12. The van der Waals surface area contributed by atoms with Gasteiger partial charge in [-0.3, -0.25) is 14.5 Å². The first-order valence-electron chi connectivity index (χ1n) is 8.03. The molecule has 22 heavy (non-hydrogen) atoms. The molecule has 1 saturated carbocycles. The van der Waals surface area contributed by atoms with E-state index in [2.05, 4.69) is 0 Å². The highest BCUT2D eigenvalue weighted by molar-refractivity contribution is 6.55. The quantitative estimate of drug-likeness (QED) is 0.769. The second kappa shape index (κ2) is 6.66. The van der Waals surface area contributed by atoms with Gasteiger partial charge < -0.3 is 0 Å². The lowest BCUT2D eigenvalue weighted by Crippen LogP contribution is -2.41. The molecule has 1 fully saturated rings. The van der Waals surface area contributed by atoms with Gasteiger partial charge in [0, 0.05) is 6.04 Å². The SMILES string of the molecule is O=C1C(Cl)=C(c2ccccc2)C(=O)N1C1CCCCCCC1. The Bertz CT molecular complexity index is 601. The molecule has 0 bridgehead atoms. The number of rotatable bonds is 2. The highest BCUT2D eigenvalue weighted by Gasteiger charge is 2.41. The highest BCUT2D eigenvalue weighted by atomic mass is 35.5. The first-order chi connectivity index (χ1) is 10.7. The van der Waals surface area contributed by atoms with E-state index in [0.717, 1.165) is 31.2 Å². The van der Waals surface area contributed by atoms with Crippen molar-refractivity contribution in [1.82, 2.24) is 4.90 Å². The van der Waals surface area contributed by atoms with Crippen LogP contribution in [0.3, 0.4) is 0 Å². The largest absolute Gasteiger partial charge is 0.273 e. The van der Waals surface area contributed by atoms with Crippen molar-refractivity contribution in [1.29, 1.82) is 0 Å². The van der Waals surface area contributed by atoms with E-state index in [9.17, 15) is 9.59 Å². The van der Waals surface area contributed by atoms with E-state index >= 15 is 0 Å². The lowest BCUT2D eigenvalue weighted by atomic mass is 9.95. The summed E-state index contributed by atoms with van der Waals surface area (Å²) in [7, 11) is 0. The minimum atomic E-state index is -0.323. The number of carbonyl (C=O) groups is 2. The Morgan fingerprint density at radius 2 is 1.45 bits per heavy atom. The van der Waals surface area contributed by atoms with Crippen LogP contribution < -0.4 is 0 Å². The van der Waals surface area contributed by atoms with E-state index in [1.807, 2.05) is 30.3 Å². The molecule has 116 valence electrons.